The molecular weight excluding hydrogens is 531 g/mol. The lowest BCUT2D eigenvalue weighted by Gasteiger charge is -2.31. The molecule has 2 N–H and O–H groups in total. The number of aryl methyl sites for hydroxylation is 1. The highest BCUT2D eigenvalue weighted by Crippen LogP contribution is 2.46. The molecular formula is C25H23F5N4O5. The summed E-state index contributed by atoms with van der Waals surface area (Å²) in [6.07, 6.45) is -5.79. The van der Waals surface area contributed by atoms with Crippen molar-refractivity contribution in [2.24, 2.45) is 0 Å². The molecule has 0 aromatic heterocycles. The van der Waals surface area contributed by atoms with Gasteiger partial charge in [0.1, 0.15) is 12.6 Å². The summed E-state index contributed by atoms with van der Waals surface area (Å²) in [4.78, 5) is 51.5. The summed E-state index contributed by atoms with van der Waals surface area (Å²) in [5.41, 5.74) is -0.540. The molecule has 0 unspecified atom stereocenters. The van der Waals surface area contributed by atoms with E-state index in [1.807, 2.05) is 0 Å². The van der Waals surface area contributed by atoms with Crippen molar-refractivity contribution in [3.05, 3.63) is 64.7 Å². The van der Waals surface area contributed by atoms with E-state index in [9.17, 15) is 41.1 Å². The lowest BCUT2D eigenvalue weighted by Crippen LogP contribution is -2.51. The zero-order valence-corrected chi connectivity index (χ0v) is 20.7. The predicted molar refractivity (Wildman–Crippen MR) is 125 cm³/mol. The lowest BCUT2D eigenvalue weighted by atomic mass is 9.94. The number of hydrogen-bond donors (Lipinski definition) is 2. The van der Waals surface area contributed by atoms with Gasteiger partial charge in [0.2, 0.25) is 11.5 Å². The number of urea groups is 1. The molecule has 0 bridgehead atoms. The Bertz CT molecular complexity index is 1350. The van der Waals surface area contributed by atoms with Gasteiger partial charge in [-0.15, -0.1) is 0 Å². The lowest BCUT2D eigenvalue weighted by molar-refractivity contribution is -0.187. The molecule has 1 saturated heterocycles. The quantitative estimate of drug-likeness (QED) is 0.528. The van der Waals surface area contributed by atoms with E-state index in [4.69, 9.17) is 4.74 Å². The number of carbonyl (C=O) groups excluding carboxylic acids is 4. The van der Waals surface area contributed by atoms with E-state index in [0.717, 1.165) is 6.07 Å². The van der Waals surface area contributed by atoms with E-state index in [1.165, 1.54) is 19.2 Å². The molecule has 1 spiro atoms. The van der Waals surface area contributed by atoms with Crippen molar-refractivity contribution in [3.8, 4) is 0 Å². The van der Waals surface area contributed by atoms with E-state index >= 15 is 0 Å². The van der Waals surface area contributed by atoms with Gasteiger partial charge in [-0.3, -0.25) is 9.59 Å². The van der Waals surface area contributed by atoms with Crippen molar-refractivity contribution in [3.63, 3.8) is 0 Å². The van der Waals surface area contributed by atoms with Crippen LogP contribution in [-0.2, 0) is 32.9 Å². The third-order valence-corrected chi connectivity index (χ3v) is 6.74. The van der Waals surface area contributed by atoms with Gasteiger partial charge < -0.3 is 20.3 Å². The van der Waals surface area contributed by atoms with Crippen molar-refractivity contribution < 1.29 is 45.9 Å². The van der Waals surface area contributed by atoms with Crippen LogP contribution in [0.15, 0.2) is 36.4 Å². The van der Waals surface area contributed by atoms with Gasteiger partial charge in [0.05, 0.1) is 0 Å². The number of halogens is 5. The van der Waals surface area contributed by atoms with E-state index in [0.29, 0.717) is 45.7 Å². The molecule has 0 saturated carbocycles. The normalized spacial score (nSPS) is 19.1. The van der Waals surface area contributed by atoms with Crippen LogP contribution in [-0.4, -0.2) is 59.5 Å². The summed E-state index contributed by atoms with van der Waals surface area (Å²) in [6.45, 7) is -1.13. The number of nitrogens with zero attached hydrogens (tertiary/aromatic N) is 2. The number of nitrogens with one attached hydrogen (secondary N) is 2. The number of ether oxygens (including phenoxy) is 1. The van der Waals surface area contributed by atoms with Crippen LogP contribution < -0.4 is 10.6 Å². The highest BCUT2D eigenvalue weighted by atomic mass is 19.4. The fraction of sp³-hybridized carbons (Fsp3) is 0.360. The summed E-state index contributed by atoms with van der Waals surface area (Å²) < 4.78 is 73.1. The van der Waals surface area contributed by atoms with Crippen LogP contribution in [0.2, 0.25) is 0 Å². The zero-order valence-electron chi connectivity index (χ0n) is 20.7. The Labute approximate surface area is 218 Å². The molecule has 2 aromatic carbocycles. The van der Waals surface area contributed by atoms with E-state index < -0.39 is 66.5 Å². The standard InChI is InChI=1S/C25H23F5N4O5/c1-13(25(28,29)30)33(11-14-3-6-18(26)19(27)9-14)20(35)12-34-21(36)24(39-23(34)38)8-7-15-10-16(4-5-17(15)24)32-22(37)31-2/h3-6,9-10,13H,7-8,11-12H2,1-2H3,(H2,31,32,37)/t13-,24+/m0/s1. The molecule has 208 valence electrons. The fourth-order valence-corrected chi connectivity index (χ4v) is 4.60. The molecule has 5 amide bonds. The number of benzene rings is 2. The van der Waals surface area contributed by atoms with Gasteiger partial charge in [-0.25, -0.2) is 23.3 Å². The zero-order chi connectivity index (χ0) is 28.7. The topological polar surface area (TPSA) is 108 Å². The minimum absolute atomic E-state index is 0.0263. The van der Waals surface area contributed by atoms with E-state index in [-0.39, 0.29) is 18.4 Å². The summed E-state index contributed by atoms with van der Waals surface area (Å²) >= 11 is 0. The fourth-order valence-electron chi connectivity index (χ4n) is 4.60. The number of imide groups is 1. The largest absolute Gasteiger partial charge is 0.427 e. The Morgan fingerprint density at radius 1 is 1.13 bits per heavy atom. The maximum absolute atomic E-state index is 13.7. The molecule has 39 heavy (non-hydrogen) atoms. The minimum atomic E-state index is -4.89. The van der Waals surface area contributed by atoms with Crippen LogP contribution in [0.5, 0.6) is 0 Å². The van der Waals surface area contributed by atoms with Gasteiger partial charge in [-0.1, -0.05) is 12.1 Å². The minimum Gasteiger partial charge on any atom is -0.427 e. The molecule has 9 nitrogen and oxygen atoms in total. The van der Waals surface area contributed by atoms with Crippen LogP contribution in [0, 0.1) is 11.6 Å². The number of carbonyl (C=O) groups is 4. The molecule has 14 heteroatoms. The molecule has 1 heterocycles. The number of fused-ring (bicyclic) bond motifs is 2. The smallest absolute Gasteiger partial charge is 0.418 e. The first-order valence-corrected chi connectivity index (χ1v) is 11.7. The van der Waals surface area contributed by atoms with Crippen LogP contribution >= 0.6 is 0 Å². The molecule has 2 aliphatic rings. The summed E-state index contributed by atoms with van der Waals surface area (Å²) in [5, 5.41) is 4.97. The summed E-state index contributed by atoms with van der Waals surface area (Å²) in [5.74, 6) is -4.70. The second-order valence-corrected chi connectivity index (χ2v) is 9.15. The monoisotopic (exact) mass is 554 g/mol. The Hall–Kier alpha value is -4.23. The predicted octanol–water partition coefficient (Wildman–Crippen LogP) is 3.82. The summed E-state index contributed by atoms with van der Waals surface area (Å²) in [7, 11) is 1.43. The average Bonchev–Trinajstić information content (AvgIpc) is 3.35. The van der Waals surface area contributed by atoms with Crippen molar-refractivity contribution in [1.82, 2.24) is 15.1 Å². The molecule has 0 radical (unpaired) electrons. The number of anilines is 1. The van der Waals surface area contributed by atoms with Crippen LogP contribution in [0.4, 0.5) is 37.2 Å². The first kappa shape index (κ1) is 27.8. The summed E-state index contributed by atoms with van der Waals surface area (Å²) in [6, 6.07) is 4.12. The number of amides is 5. The Balaban J connectivity index is 1.57. The average molecular weight is 554 g/mol. The van der Waals surface area contributed by atoms with Gasteiger partial charge in [0.15, 0.2) is 11.6 Å². The third kappa shape index (κ3) is 5.22. The SMILES string of the molecule is CNC(=O)Nc1ccc2c(c1)CC[C@@]21OC(=O)N(CC(=O)N(Cc2ccc(F)c(F)c2)[C@@H](C)C(F)(F)F)C1=O. The third-order valence-electron chi connectivity index (χ3n) is 6.74. The number of alkyl halides is 3. The molecule has 1 aliphatic carbocycles. The van der Waals surface area contributed by atoms with Crippen LogP contribution in [0.25, 0.3) is 0 Å². The van der Waals surface area contributed by atoms with Crippen molar-refractivity contribution in [2.45, 2.75) is 44.1 Å². The molecule has 2 atom stereocenters. The van der Waals surface area contributed by atoms with Crippen LogP contribution in [0.3, 0.4) is 0 Å². The number of hydrogen-bond acceptors (Lipinski definition) is 5. The Morgan fingerprint density at radius 3 is 2.49 bits per heavy atom. The highest BCUT2D eigenvalue weighted by molar-refractivity contribution is 6.06. The maximum atomic E-state index is 13.7. The van der Waals surface area contributed by atoms with E-state index in [2.05, 4.69) is 10.6 Å². The Morgan fingerprint density at radius 2 is 1.85 bits per heavy atom. The molecule has 1 fully saturated rings. The Kier molecular flexibility index (Phi) is 7.23. The molecule has 1 aliphatic heterocycles. The molecule has 4 rings (SSSR count). The van der Waals surface area contributed by atoms with Crippen molar-refractivity contribution in [1.29, 1.82) is 0 Å². The van der Waals surface area contributed by atoms with Crippen LogP contribution in [0.1, 0.15) is 30.0 Å². The highest BCUT2D eigenvalue weighted by Gasteiger charge is 2.58. The van der Waals surface area contributed by atoms with Gasteiger partial charge >= 0.3 is 18.3 Å². The van der Waals surface area contributed by atoms with Gasteiger partial charge in [0, 0.05) is 31.3 Å². The molecule has 2 aromatic rings. The first-order chi connectivity index (χ1) is 18.3. The van der Waals surface area contributed by atoms with E-state index in [1.54, 1.807) is 6.07 Å². The van der Waals surface area contributed by atoms with Gasteiger partial charge in [-0.05, 0) is 48.7 Å². The number of rotatable bonds is 6. The van der Waals surface area contributed by atoms with Crippen molar-refractivity contribution in [2.75, 3.05) is 18.9 Å². The first-order valence-electron chi connectivity index (χ1n) is 11.7. The van der Waals surface area contributed by atoms with Gasteiger partial charge in [-0.2, -0.15) is 13.2 Å². The van der Waals surface area contributed by atoms with Crippen molar-refractivity contribution >= 4 is 29.6 Å². The second kappa shape index (κ2) is 10.2. The maximum Gasteiger partial charge on any atom is 0.418 e. The second-order valence-electron chi connectivity index (χ2n) is 9.15. The van der Waals surface area contributed by atoms with Gasteiger partial charge in [0.25, 0.3) is 5.91 Å².